The zero-order chi connectivity index (χ0) is 20.4. The monoisotopic (exact) mass is 394 g/mol. The van der Waals surface area contributed by atoms with Gasteiger partial charge in [0.1, 0.15) is 12.4 Å². The number of benzene rings is 2. The number of amides is 1. The van der Waals surface area contributed by atoms with E-state index in [1.54, 1.807) is 6.07 Å². The molecule has 0 bridgehead atoms. The minimum Gasteiger partial charge on any atom is -0.354 e. The second-order valence-electron chi connectivity index (χ2n) is 7.58. The number of nitrogens with zero attached hydrogens (tertiary/aromatic N) is 3. The number of piperidine rings is 1. The van der Waals surface area contributed by atoms with Crippen LogP contribution in [0.3, 0.4) is 0 Å². The molecule has 0 spiro atoms. The Morgan fingerprint density at radius 2 is 1.90 bits per heavy atom. The third-order valence-corrected chi connectivity index (χ3v) is 5.23. The quantitative estimate of drug-likeness (QED) is 0.736. The Morgan fingerprint density at radius 1 is 1.17 bits per heavy atom. The van der Waals surface area contributed by atoms with Crippen molar-refractivity contribution in [2.24, 2.45) is 5.92 Å². The molecule has 1 atom stereocenters. The number of rotatable bonds is 4. The van der Waals surface area contributed by atoms with Crippen LogP contribution in [0.2, 0.25) is 0 Å². The Kier molecular flexibility index (Phi) is 5.29. The predicted molar refractivity (Wildman–Crippen MR) is 112 cm³/mol. The Morgan fingerprint density at radius 3 is 2.62 bits per heavy atom. The fourth-order valence-corrected chi connectivity index (χ4v) is 3.81. The normalized spacial score (nSPS) is 16.8. The molecule has 6 nitrogen and oxygen atoms in total. The van der Waals surface area contributed by atoms with Crippen LogP contribution < -0.4 is 15.8 Å². The van der Waals surface area contributed by atoms with Crippen molar-refractivity contribution in [3.63, 3.8) is 0 Å². The van der Waals surface area contributed by atoms with E-state index in [2.05, 4.69) is 22.2 Å². The van der Waals surface area contributed by atoms with Crippen molar-refractivity contribution in [1.29, 1.82) is 0 Å². The Hall–Kier alpha value is -3.22. The summed E-state index contributed by atoms with van der Waals surface area (Å²) < 4.78 is 14.3. The highest BCUT2D eigenvalue weighted by molar-refractivity contribution is 5.93. The molecule has 2 heterocycles. The molecule has 29 heavy (non-hydrogen) atoms. The fourth-order valence-electron chi connectivity index (χ4n) is 3.81. The summed E-state index contributed by atoms with van der Waals surface area (Å²) in [6.45, 7) is 3.75. The molecule has 0 radical (unpaired) electrons. The van der Waals surface area contributed by atoms with Gasteiger partial charge in [-0.3, -0.25) is 9.59 Å². The average molecular weight is 394 g/mol. The van der Waals surface area contributed by atoms with E-state index in [1.807, 2.05) is 18.2 Å². The molecule has 3 aromatic rings. The molecule has 1 saturated heterocycles. The predicted octanol–water partition coefficient (Wildman–Crippen LogP) is 3.41. The van der Waals surface area contributed by atoms with Crippen LogP contribution >= 0.6 is 0 Å². The lowest BCUT2D eigenvalue weighted by Gasteiger charge is -2.32. The Labute approximate surface area is 167 Å². The van der Waals surface area contributed by atoms with E-state index in [1.165, 1.54) is 35.4 Å². The summed E-state index contributed by atoms with van der Waals surface area (Å²) in [5.74, 6) is 0.517. The van der Waals surface area contributed by atoms with Crippen LogP contribution in [0, 0.1) is 11.7 Å². The first-order chi connectivity index (χ1) is 14.0. The van der Waals surface area contributed by atoms with Crippen LogP contribution in [0.1, 0.15) is 19.8 Å². The van der Waals surface area contributed by atoms with Crippen LogP contribution in [-0.4, -0.2) is 28.8 Å². The van der Waals surface area contributed by atoms with Crippen molar-refractivity contribution in [3.05, 3.63) is 64.7 Å². The summed E-state index contributed by atoms with van der Waals surface area (Å²) in [6.07, 6.45) is 2.25. The lowest BCUT2D eigenvalue weighted by Crippen LogP contribution is -2.38. The molecule has 2 aromatic carbocycles. The average Bonchev–Trinajstić information content (AvgIpc) is 2.72. The zero-order valence-electron chi connectivity index (χ0n) is 16.3. The maximum atomic E-state index is 13.0. The molecule has 1 aliphatic rings. The molecule has 150 valence electrons. The molecular weight excluding hydrogens is 371 g/mol. The third kappa shape index (κ3) is 4.13. The SMILES string of the molecule is C[C@@H]1CCCN(c2nn(CC(=O)Nc3ccc(F)cc3)c(=O)c3ccccc23)C1. The highest BCUT2D eigenvalue weighted by Gasteiger charge is 2.22. The van der Waals surface area contributed by atoms with Gasteiger partial charge in [-0.15, -0.1) is 0 Å². The topological polar surface area (TPSA) is 67.2 Å². The number of anilines is 2. The van der Waals surface area contributed by atoms with Crippen molar-refractivity contribution in [1.82, 2.24) is 9.78 Å². The van der Waals surface area contributed by atoms with Gasteiger partial charge in [0.15, 0.2) is 5.82 Å². The number of aromatic nitrogens is 2. The second-order valence-corrected chi connectivity index (χ2v) is 7.58. The molecule has 0 saturated carbocycles. The zero-order valence-corrected chi connectivity index (χ0v) is 16.3. The second kappa shape index (κ2) is 8.03. The Bertz CT molecular complexity index is 1090. The van der Waals surface area contributed by atoms with Gasteiger partial charge >= 0.3 is 0 Å². The van der Waals surface area contributed by atoms with E-state index in [0.717, 1.165) is 30.7 Å². The number of halogens is 1. The van der Waals surface area contributed by atoms with Crippen LogP contribution in [0.4, 0.5) is 15.9 Å². The minimum absolute atomic E-state index is 0.211. The van der Waals surface area contributed by atoms with Crippen LogP contribution in [0.15, 0.2) is 53.3 Å². The van der Waals surface area contributed by atoms with Crippen molar-refractivity contribution >= 4 is 28.2 Å². The molecule has 1 N–H and O–H groups in total. The number of hydrogen-bond donors (Lipinski definition) is 1. The van der Waals surface area contributed by atoms with Gasteiger partial charge in [0.05, 0.1) is 5.39 Å². The summed E-state index contributed by atoms with van der Waals surface area (Å²) in [4.78, 5) is 27.6. The van der Waals surface area contributed by atoms with Crippen molar-refractivity contribution in [2.45, 2.75) is 26.3 Å². The van der Waals surface area contributed by atoms with E-state index in [4.69, 9.17) is 0 Å². The van der Waals surface area contributed by atoms with E-state index in [-0.39, 0.29) is 23.8 Å². The van der Waals surface area contributed by atoms with E-state index < -0.39 is 0 Å². The van der Waals surface area contributed by atoms with Gasteiger partial charge < -0.3 is 10.2 Å². The first-order valence-electron chi connectivity index (χ1n) is 9.81. The van der Waals surface area contributed by atoms with Gasteiger partial charge in [-0.2, -0.15) is 5.10 Å². The van der Waals surface area contributed by atoms with Crippen LogP contribution in [0.25, 0.3) is 10.8 Å². The molecule has 1 aliphatic heterocycles. The number of fused-ring (bicyclic) bond motifs is 1. The third-order valence-electron chi connectivity index (χ3n) is 5.23. The molecule has 7 heteroatoms. The van der Waals surface area contributed by atoms with Gasteiger partial charge in [0.25, 0.3) is 5.56 Å². The molecule has 4 rings (SSSR count). The standard InChI is InChI=1S/C22H23FN4O2/c1-15-5-4-12-26(13-15)21-18-6-2-3-7-19(18)22(29)27(25-21)14-20(28)24-17-10-8-16(23)9-11-17/h2-3,6-11,15H,4-5,12-14H2,1H3,(H,24,28)/t15-/m1/s1. The van der Waals surface area contributed by atoms with Gasteiger partial charge in [-0.1, -0.05) is 25.1 Å². The fraction of sp³-hybridized carbons (Fsp3) is 0.318. The largest absolute Gasteiger partial charge is 0.354 e. The summed E-state index contributed by atoms with van der Waals surface area (Å²) in [5, 5.41) is 8.60. The van der Waals surface area contributed by atoms with Crippen molar-refractivity contribution in [2.75, 3.05) is 23.3 Å². The summed E-state index contributed by atoms with van der Waals surface area (Å²) in [5.41, 5.74) is 0.166. The number of carbonyl (C=O) groups excluding carboxylic acids is 1. The molecule has 1 fully saturated rings. The van der Waals surface area contributed by atoms with Gasteiger partial charge in [-0.25, -0.2) is 9.07 Å². The maximum absolute atomic E-state index is 13.0. The van der Waals surface area contributed by atoms with Crippen LogP contribution in [0.5, 0.6) is 0 Å². The molecule has 1 aromatic heterocycles. The molecule has 1 amide bonds. The summed E-state index contributed by atoms with van der Waals surface area (Å²) in [7, 11) is 0. The molecule has 0 unspecified atom stereocenters. The van der Waals surface area contributed by atoms with E-state index in [9.17, 15) is 14.0 Å². The van der Waals surface area contributed by atoms with Gasteiger partial charge in [0, 0.05) is 24.2 Å². The number of hydrogen-bond acceptors (Lipinski definition) is 4. The van der Waals surface area contributed by atoms with Crippen LogP contribution in [-0.2, 0) is 11.3 Å². The summed E-state index contributed by atoms with van der Waals surface area (Å²) >= 11 is 0. The number of carbonyl (C=O) groups is 1. The summed E-state index contributed by atoms with van der Waals surface area (Å²) in [6, 6.07) is 12.9. The Balaban J connectivity index is 1.66. The number of nitrogens with one attached hydrogen (secondary N) is 1. The maximum Gasteiger partial charge on any atom is 0.275 e. The van der Waals surface area contributed by atoms with Crippen molar-refractivity contribution in [3.8, 4) is 0 Å². The van der Waals surface area contributed by atoms with Gasteiger partial charge in [-0.05, 0) is 49.1 Å². The molecule has 0 aliphatic carbocycles. The highest BCUT2D eigenvalue weighted by atomic mass is 19.1. The minimum atomic E-state index is -0.389. The highest BCUT2D eigenvalue weighted by Crippen LogP contribution is 2.26. The van der Waals surface area contributed by atoms with Gasteiger partial charge in [0.2, 0.25) is 5.91 Å². The first-order valence-corrected chi connectivity index (χ1v) is 9.81. The smallest absolute Gasteiger partial charge is 0.275 e. The first kappa shape index (κ1) is 19.1. The van der Waals surface area contributed by atoms with E-state index in [0.29, 0.717) is 17.0 Å². The lowest BCUT2D eigenvalue weighted by molar-refractivity contribution is -0.117. The van der Waals surface area contributed by atoms with Crippen molar-refractivity contribution < 1.29 is 9.18 Å². The lowest BCUT2D eigenvalue weighted by atomic mass is 10.00. The molecular formula is C22H23FN4O2. The van der Waals surface area contributed by atoms with E-state index >= 15 is 0 Å².